The Kier molecular flexibility index (Phi) is 4.60. The molecule has 0 unspecified atom stereocenters. The first-order chi connectivity index (χ1) is 8.70. The summed E-state index contributed by atoms with van der Waals surface area (Å²) in [5.74, 6) is 1.38. The molecule has 1 aromatic carbocycles. The molecule has 1 aromatic heterocycles. The molecule has 0 spiro atoms. The lowest BCUT2D eigenvalue weighted by Gasteiger charge is -2.05. The number of thioether (sulfide) groups is 1. The van der Waals surface area contributed by atoms with Crippen molar-refractivity contribution >= 4 is 27.7 Å². The number of rotatable bonds is 4. The number of benzene rings is 1. The number of hydrogen-bond donors (Lipinski definition) is 1. The average molecular weight is 325 g/mol. The number of nitrogens with one attached hydrogen (secondary N) is 1. The van der Waals surface area contributed by atoms with Crippen LogP contribution in [-0.4, -0.2) is 9.97 Å². The van der Waals surface area contributed by atoms with Gasteiger partial charge in [-0.25, -0.2) is 4.98 Å². The van der Waals surface area contributed by atoms with Gasteiger partial charge in [-0.1, -0.05) is 25.1 Å². The fraction of sp³-hybridized carbons (Fsp3) is 0.231. The molecule has 0 amide bonds. The van der Waals surface area contributed by atoms with E-state index in [0.29, 0.717) is 16.0 Å². The highest BCUT2D eigenvalue weighted by molar-refractivity contribution is 9.10. The van der Waals surface area contributed by atoms with E-state index in [1.807, 2.05) is 37.3 Å². The van der Waals surface area contributed by atoms with Crippen LogP contribution in [0, 0.1) is 0 Å². The number of halogens is 1. The van der Waals surface area contributed by atoms with E-state index in [1.165, 1.54) is 4.90 Å². The van der Waals surface area contributed by atoms with Crippen LogP contribution in [0.4, 0.5) is 0 Å². The largest absolute Gasteiger partial charge is 0.309 e. The van der Waals surface area contributed by atoms with Crippen LogP contribution in [-0.2, 0) is 12.2 Å². The summed E-state index contributed by atoms with van der Waals surface area (Å²) >= 11 is 4.92. The standard InChI is InChI=1S/C13H13BrN2OS/c1-2-10-12(14)13(17)16-11(15-10)8-18-9-6-4-3-5-7-9/h3-7H,2,8H2,1H3,(H,15,16,17). The smallest absolute Gasteiger partial charge is 0.265 e. The molecule has 2 aromatic rings. The Hall–Kier alpha value is -1.07. The quantitative estimate of drug-likeness (QED) is 0.877. The molecule has 0 bridgehead atoms. The highest BCUT2D eigenvalue weighted by Gasteiger charge is 2.07. The molecule has 0 saturated carbocycles. The molecule has 0 aliphatic carbocycles. The number of nitrogens with zero attached hydrogens (tertiary/aromatic N) is 1. The minimum atomic E-state index is -0.106. The normalized spacial score (nSPS) is 10.6. The molecule has 0 atom stereocenters. The Bertz CT molecular complexity index is 583. The highest BCUT2D eigenvalue weighted by atomic mass is 79.9. The van der Waals surface area contributed by atoms with Crippen molar-refractivity contribution in [3.8, 4) is 0 Å². The van der Waals surface area contributed by atoms with Crippen LogP contribution >= 0.6 is 27.7 Å². The highest BCUT2D eigenvalue weighted by Crippen LogP contribution is 2.21. The van der Waals surface area contributed by atoms with Gasteiger partial charge in [0.05, 0.1) is 11.4 Å². The fourth-order valence-electron chi connectivity index (χ4n) is 1.53. The molecule has 0 radical (unpaired) electrons. The third kappa shape index (κ3) is 3.23. The van der Waals surface area contributed by atoms with Crippen molar-refractivity contribution in [2.75, 3.05) is 0 Å². The number of H-pyrrole nitrogens is 1. The van der Waals surface area contributed by atoms with Crippen LogP contribution in [0.15, 0.2) is 44.5 Å². The van der Waals surface area contributed by atoms with Crippen LogP contribution in [0.3, 0.4) is 0 Å². The molecule has 18 heavy (non-hydrogen) atoms. The van der Waals surface area contributed by atoms with E-state index in [2.05, 4.69) is 25.9 Å². The van der Waals surface area contributed by atoms with Crippen LogP contribution in [0.5, 0.6) is 0 Å². The molecule has 94 valence electrons. The third-order valence-corrected chi connectivity index (χ3v) is 4.28. The Morgan fingerprint density at radius 3 is 2.72 bits per heavy atom. The second kappa shape index (κ2) is 6.20. The lowest BCUT2D eigenvalue weighted by Crippen LogP contribution is -2.14. The van der Waals surface area contributed by atoms with Crippen LogP contribution in [0.2, 0.25) is 0 Å². The molecule has 0 saturated heterocycles. The predicted octanol–water partition coefficient (Wildman–Crippen LogP) is 3.39. The van der Waals surface area contributed by atoms with E-state index in [-0.39, 0.29) is 5.56 Å². The zero-order valence-corrected chi connectivity index (χ0v) is 12.3. The van der Waals surface area contributed by atoms with E-state index in [4.69, 9.17) is 0 Å². The molecule has 0 aliphatic heterocycles. The van der Waals surface area contributed by atoms with Crippen molar-refractivity contribution < 1.29 is 0 Å². The molecule has 3 nitrogen and oxygen atoms in total. The Labute approximate surface area is 118 Å². The van der Waals surface area contributed by atoms with Gasteiger partial charge in [0.25, 0.3) is 5.56 Å². The van der Waals surface area contributed by atoms with E-state index in [9.17, 15) is 4.79 Å². The summed E-state index contributed by atoms with van der Waals surface area (Å²) in [6.45, 7) is 1.99. The number of aromatic amines is 1. The first-order valence-electron chi connectivity index (χ1n) is 5.66. The zero-order valence-electron chi connectivity index (χ0n) is 9.94. The van der Waals surface area contributed by atoms with Gasteiger partial charge in [-0.2, -0.15) is 0 Å². The van der Waals surface area contributed by atoms with E-state index >= 15 is 0 Å². The molecule has 5 heteroatoms. The number of hydrogen-bond acceptors (Lipinski definition) is 3. The predicted molar refractivity (Wildman–Crippen MR) is 77.9 cm³/mol. The summed E-state index contributed by atoms with van der Waals surface area (Å²) in [4.78, 5) is 20.1. The van der Waals surface area contributed by atoms with Crippen LogP contribution in [0.1, 0.15) is 18.4 Å². The summed E-state index contributed by atoms with van der Waals surface area (Å²) in [5, 5.41) is 0. The Morgan fingerprint density at radius 2 is 2.06 bits per heavy atom. The van der Waals surface area contributed by atoms with Crippen LogP contribution in [0.25, 0.3) is 0 Å². The molecule has 1 N–H and O–H groups in total. The van der Waals surface area contributed by atoms with Crippen LogP contribution < -0.4 is 5.56 Å². The second-order valence-electron chi connectivity index (χ2n) is 3.73. The summed E-state index contributed by atoms with van der Waals surface area (Å²) in [6, 6.07) is 10.1. The van der Waals surface area contributed by atoms with Crippen molar-refractivity contribution in [1.82, 2.24) is 9.97 Å². The number of aromatic nitrogens is 2. The van der Waals surface area contributed by atoms with Gasteiger partial charge in [0.15, 0.2) is 0 Å². The Balaban J connectivity index is 2.15. The molecule has 0 fully saturated rings. The molecule has 1 heterocycles. The minimum Gasteiger partial charge on any atom is -0.309 e. The maximum atomic E-state index is 11.7. The van der Waals surface area contributed by atoms with Gasteiger partial charge in [-0.15, -0.1) is 11.8 Å². The maximum absolute atomic E-state index is 11.7. The fourth-order valence-corrected chi connectivity index (χ4v) is 2.79. The van der Waals surface area contributed by atoms with Crippen molar-refractivity contribution in [2.45, 2.75) is 24.0 Å². The number of aryl methyl sites for hydroxylation is 1. The second-order valence-corrected chi connectivity index (χ2v) is 5.57. The monoisotopic (exact) mass is 324 g/mol. The summed E-state index contributed by atoms with van der Waals surface area (Å²) in [6.07, 6.45) is 0.744. The summed E-state index contributed by atoms with van der Waals surface area (Å²) in [5.41, 5.74) is 0.702. The molecule has 2 rings (SSSR count). The van der Waals surface area contributed by atoms with Crippen molar-refractivity contribution in [3.05, 3.63) is 56.7 Å². The average Bonchev–Trinajstić information content (AvgIpc) is 2.41. The molecular weight excluding hydrogens is 312 g/mol. The minimum absolute atomic E-state index is 0.106. The van der Waals surface area contributed by atoms with E-state index in [0.717, 1.165) is 12.1 Å². The molecule has 0 aliphatic rings. The zero-order chi connectivity index (χ0) is 13.0. The van der Waals surface area contributed by atoms with E-state index < -0.39 is 0 Å². The van der Waals surface area contributed by atoms with Gasteiger partial charge >= 0.3 is 0 Å². The molecular formula is C13H13BrN2OS. The SMILES string of the molecule is CCc1nc(CSc2ccccc2)[nH]c(=O)c1Br. The van der Waals surface area contributed by atoms with Crippen molar-refractivity contribution in [2.24, 2.45) is 0 Å². The lowest BCUT2D eigenvalue weighted by molar-refractivity contribution is 0.906. The van der Waals surface area contributed by atoms with Gasteiger partial charge in [0.2, 0.25) is 0 Å². The topological polar surface area (TPSA) is 45.8 Å². The lowest BCUT2D eigenvalue weighted by atomic mass is 10.3. The summed E-state index contributed by atoms with van der Waals surface area (Å²) in [7, 11) is 0. The third-order valence-electron chi connectivity index (χ3n) is 2.43. The van der Waals surface area contributed by atoms with E-state index in [1.54, 1.807) is 11.8 Å². The first kappa shape index (κ1) is 13.4. The van der Waals surface area contributed by atoms with Gasteiger partial charge in [0.1, 0.15) is 10.3 Å². The van der Waals surface area contributed by atoms with Gasteiger partial charge < -0.3 is 4.98 Å². The first-order valence-corrected chi connectivity index (χ1v) is 7.44. The van der Waals surface area contributed by atoms with Crippen molar-refractivity contribution in [1.29, 1.82) is 0 Å². The Morgan fingerprint density at radius 1 is 1.33 bits per heavy atom. The maximum Gasteiger partial charge on any atom is 0.265 e. The van der Waals surface area contributed by atoms with Gasteiger partial charge in [0, 0.05) is 4.90 Å². The summed E-state index contributed by atoms with van der Waals surface area (Å²) < 4.78 is 0.540. The van der Waals surface area contributed by atoms with Gasteiger partial charge in [-0.3, -0.25) is 4.79 Å². The van der Waals surface area contributed by atoms with Crippen molar-refractivity contribution in [3.63, 3.8) is 0 Å². The van der Waals surface area contributed by atoms with Gasteiger partial charge in [-0.05, 0) is 34.5 Å².